The molecule has 0 bridgehead atoms. The zero-order valence-electron chi connectivity index (χ0n) is 16.7. The van der Waals surface area contributed by atoms with Crippen molar-refractivity contribution in [3.63, 3.8) is 0 Å². The Morgan fingerprint density at radius 3 is 2.29 bits per heavy atom. The molecule has 3 aromatic rings. The van der Waals surface area contributed by atoms with Crippen molar-refractivity contribution in [3.8, 4) is 22.8 Å². The van der Waals surface area contributed by atoms with Gasteiger partial charge in [0.05, 0.1) is 11.9 Å². The zero-order chi connectivity index (χ0) is 19.6. The molecule has 0 amide bonds. The number of unbranched alkanes of at least 4 members (excludes halogenated alkanes) is 1. The van der Waals surface area contributed by atoms with Gasteiger partial charge in [-0.1, -0.05) is 31.5 Å². The number of benzene rings is 2. The van der Waals surface area contributed by atoms with Gasteiger partial charge in [0.15, 0.2) is 0 Å². The van der Waals surface area contributed by atoms with E-state index in [1.807, 2.05) is 48.7 Å². The van der Waals surface area contributed by atoms with Crippen LogP contribution in [0.5, 0.6) is 11.5 Å². The van der Waals surface area contributed by atoms with Gasteiger partial charge in [-0.25, -0.2) is 0 Å². The van der Waals surface area contributed by atoms with E-state index in [-0.39, 0.29) is 0 Å². The lowest BCUT2D eigenvalue weighted by molar-refractivity contribution is 0.217. The summed E-state index contributed by atoms with van der Waals surface area (Å²) >= 11 is 0. The Bertz CT molecular complexity index is 815. The van der Waals surface area contributed by atoms with Crippen LogP contribution in [0.15, 0.2) is 60.8 Å². The van der Waals surface area contributed by atoms with Gasteiger partial charge in [0.1, 0.15) is 24.7 Å². The van der Waals surface area contributed by atoms with Crippen LogP contribution in [0.2, 0.25) is 0 Å². The maximum Gasteiger partial charge on any atom is 0.122 e. The minimum atomic E-state index is 0.506. The second kappa shape index (κ2) is 10.5. The molecule has 1 aromatic heterocycles. The Morgan fingerprint density at radius 1 is 0.929 bits per heavy atom. The molecule has 1 heterocycles. The van der Waals surface area contributed by atoms with Gasteiger partial charge >= 0.3 is 0 Å². The van der Waals surface area contributed by atoms with E-state index in [1.165, 1.54) is 18.4 Å². The molecule has 0 fully saturated rings. The second-order valence-electron chi connectivity index (χ2n) is 6.90. The van der Waals surface area contributed by atoms with E-state index in [0.29, 0.717) is 13.2 Å². The lowest BCUT2D eigenvalue weighted by Gasteiger charge is -2.16. The van der Waals surface area contributed by atoms with Crippen molar-refractivity contribution in [2.75, 3.05) is 26.8 Å². The van der Waals surface area contributed by atoms with E-state index >= 15 is 0 Å². The smallest absolute Gasteiger partial charge is 0.122 e. The molecule has 0 unspecified atom stereocenters. The number of H-pyrrole nitrogens is 1. The largest absolute Gasteiger partial charge is 0.490 e. The van der Waals surface area contributed by atoms with Gasteiger partial charge in [-0.2, -0.15) is 5.10 Å². The number of hydrogen-bond acceptors (Lipinski definition) is 4. The van der Waals surface area contributed by atoms with Crippen LogP contribution < -0.4 is 9.47 Å². The first kappa shape index (κ1) is 20.0. The first-order valence-corrected chi connectivity index (χ1v) is 9.88. The Kier molecular flexibility index (Phi) is 7.50. The fourth-order valence-electron chi connectivity index (χ4n) is 3.03. The lowest BCUT2D eigenvalue weighted by atomic mass is 10.1. The summed E-state index contributed by atoms with van der Waals surface area (Å²) in [6.07, 6.45) is 4.34. The predicted molar refractivity (Wildman–Crippen MR) is 113 cm³/mol. The summed E-state index contributed by atoms with van der Waals surface area (Å²) in [6, 6.07) is 17.9. The summed E-state index contributed by atoms with van der Waals surface area (Å²) in [7, 11) is 2.15. The number of rotatable bonds is 11. The maximum atomic E-state index is 5.78. The highest BCUT2D eigenvalue weighted by molar-refractivity contribution is 5.63. The first-order chi connectivity index (χ1) is 13.8. The standard InChI is InChI=1S/C23H29N3O2/c1-3-4-14-26(2)18-20-17-24-25-23(20)19-10-12-22(13-11-19)28-16-15-27-21-8-6-5-7-9-21/h5-13,17H,3-4,14-16,18H2,1-2H3,(H,24,25). The predicted octanol–water partition coefficient (Wildman–Crippen LogP) is 4.77. The Balaban J connectivity index is 1.51. The SMILES string of the molecule is CCCCN(C)Cc1cn[nH]c1-c1ccc(OCCOc2ccccc2)cc1. The third kappa shape index (κ3) is 5.86. The van der Waals surface area contributed by atoms with Crippen LogP contribution in [-0.4, -0.2) is 41.9 Å². The molecular formula is C23H29N3O2. The third-order valence-electron chi connectivity index (χ3n) is 4.56. The van der Waals surface area contributed by atoms with Crippen molar-refractivity contribution in [1.82, 2.24) is 15.1 Å². The molecule has 1 N–H and O–H groups in total. The Hall–Kier alpha value is -2.79. The van der Waals surface area contributed by atoms with Crippen molar-refractivity contribution in [2.45, 2.75) is 26.3 Å². The number of aromatic amines is 1. The molecule has 0 atom stereocenters. The molecule has 0 aliphatic rings. The van der Waals surface area contributed by atoms with Crippen molar-refractivity contribution >= 4 is 0 Å². The number of ether oxygens (including phenoxy) is 2. The summed E-state index contributed by atoms with van der Waals surface area (Å²) in [5.74, 6) is 1.69. The highest BCUT2D eigenvalue weighted by Crippen LogP contribution is 2.24. The van der Waals surface area contributed by atoms with Crippen LogP contribution in [0, 0.1) is 0 Å². The number of aromatic nitrogens is 2. The van der Waals surface area contributed by atoms with Crippen molar-refractivity contribution < 1.29 is 9.47 Å². The van der Waals surface area contributed by atoms with Gasteiger partial charge in [-0.15, -0.1) is 0 Å². The molecule has 2 aromatic carbocycles. The number of hydrogen-bond donors (Lipinski definition) is 1. The summed E-state index contributed by atoms with van der Waals surface area (Å²) in [5.41, 5.74) is 3.40. The monoisotopic (exact) mass is 379 g/mol. The van der Waals surface area contributed by atoms with E-state index < -0.39 is 0 Å². The fraction of sp³-hybridized carbons (Fsp3) is 0.348. The number of nitrogens with zero attached hydrogens (tertiary/aromatic N) is 2. The summed E-state index contributed by atoms with van der Waals surface area (Å²) < 4.78 is 11.4. The molecule has 0 aliphatic carbocycles. The molecule has 5 heteroatoms. The summed E-state index contributed by atoms with van der Waals surface area (Å²) in [4.78, 5) is 2.34. The van der Waals surface area contributed by atoms with Gasteiger partial charge in [0.25, 0.3) is 0 Å². The van der Waals surface area contributed by atoms with E-state index in [1.54, 1.807) is 0 Å². The summed E-state index contributed by atoms with van der Waals surface area (Å²) in [6.45, 7) is 5.22. The van der Waals surface area contributed by atoms with Crippen LogP contribution >= 0.6 is 0 Å². The number of para-hydroxylation sites is 1. The third-order valence-corrected chi connectivity index (χ3v) is 4.56. The normalized spacial score (nSPS) is 11.0. The van der Waals surface area contributed by atoms with Crippen LogP contribution in [0.3, 0.4) is 0 Å². The van der Waals surface area contributed by atoms with Gasteiger partial charge in [-0.3, -0.25) is 5.10 Å². The fourth-order valence-corrected chi connectivity index (χ4v) is 3.03. The minimum absolute atomic E-state index is 0.506. The number of nitrogens with one attached hydrogen (secondary N) is 1. The van der Waals surface area contributed by atoms with Gasteiger partial charge in [0, 0.05) is 17.7 Å². The van der Waals surface area contributed by atoms with E-state index in [4.69, 9.17) is 9.47 Å². The first-order valence-electron chi connectivity index (χ1n) is 9.88. The van der Waals surface area contributed by atoms with Gasteiger partial charge < -0.3 is 14.4 Å². The van der Waals surface area contributed by atoms with Gasteiger partial charge in [0.2, 0.25) is 0 Å². The highest BCUT2D eigenvalue weighted by Gasteiger charge is 2.10. The maximum absolute atomic E-state index is 5.78. The minimum Gasteiger partial charge on any atom is -0.490 e. The topological polar surface area (TPSA) is 50.4 Å². The molecule has 0 aliphatic heterocycles. The molecule has 28 heavy (non-hydrogen) atoms. The van der Waals surface area contributed by atoms with E-state index in [2.05, 4.69) is 41.2 Å². The van der Waals surface area contributed by atoms with Crippen molar-refractivity contribution in [1.29, 1.82) is 0 Å². The average Bonchev–Trinajstić information content (AvgIpc) is 3.19. The molecule has 3 rings (SSSR count). The zero-order valence-corrected chi connectivity index (χ0v) is 16.7. The van der Waals surface area contributed by atoms with E-state index in [9.17, 15) is 0 Å². The molecular weight excluding hydrogens is 350 g/mol. The van der Waals surface area contributed by atoms with Crippen LogP contribution in [0.4, 0.5) is 0 Å². The van der Waals surface area contributed by atoms with Crippen molar-refractivity contribution in [2.24, 2.45) is 0 Å². The second-order valence-corrected chi connectivity index (χ2v) is 6.90. The Morgan fingerprint density at radius 2 is 1.61 bits per heavy atom. The summed E-state index contributed by atoms with van der Waals surface area (Å²) in [5, 5.41) is 7.38. The van der Waals surface area contributed by atoms with Gasteiger partial charge in [-0.05, 0) is 56.4 Å². The lowest BCUT2D eigenvalue weighted by Crippen LogP contribution is -2.19. The highest BCUT2D eigenvalue weighted by atomic mass is 16.5. The molecule has 148 valence electrons. The quantitative estimate of drug-likeness (QED) is 0.488. The molecule has 5 nitrogen and oxygen atoms in total. The molecule has 0 radical (unpaired) electrons. The molecule has 0 spiro atoms. The Labute approximate surface area is 167 Å². The average molecular weight is 380 g/mol. The van der Waals surface area contributed by atoms with Crippen molar-refractivity contribution in [3.05, 3.63) is 66.4 Å². The van der Waals surface area contributed by atoms with Crippen LogP contribution in [-0.2, 0) is 6.54 Å². The van der Waals surface area contributed by atoms with E-state index in [0.717, 1.165) is 35.8 Å². The van der Waals surface area contributed by atoms with Crippen LogP contribution in [0.25, 0.3) is 11.3 Å². The molecule has 0 saturated heterocycles. The molecule has 0 saturated carbocycles. The van der Waals surface area contributed by atoms with Crippen LogP contribution in [0.1, 0.15) is 25.3 Å².